The monoisotopic (exact) mass is 232 g/mol. The van der Waals surface area contributed by atoms with E-state index >= 15 is 0 Å². The Morgan fingerprint density at radius 2 is 2.12 bits per heavy atom. The predicted molar refractivity (Wildman–Crippen MR) is 68.4 cm³/mol. The summed E-state index contributed by atoms with van der Waals surface area (Å²) in [5.74, 6) is 0. The number of nitrogens with one attached hydrogen (secondary N) is 1. The third-order valence-electron chi connectivity index (χ3n) is 2.86. The second kappa shape index (κ2) is 7.05. The Morgan fingerprint density at radius 1 is 1.41 bits per heavy atom. The molecule has 0 heterocycles. The van der Waals surface area contributed by atoms with Crippen molar-refractivity contribution in [3.8, 4) is 6.07 Å². The van der Waals surface area contributed by atoms with Gasteiger partial charge in [-0.25, -0.2) is 0 Å². The normalized spacial score (nSPS) is 14.0. The van der Waals surface area contributed by atoms with Crippen molar-refractivity contribution >= 4 is 0 Å². The van der Waals surface area contributed by atoms with Crippen LogP contribution in [0.25, 0.3) is 0 Å². The highest BCUT2D eigenvalue weighted by Crippen LogP contribution is 2.19. The van der Waals surface area contributed by atoms with Crippen molar-refractivity contribution < 1.29 is 4.74 Å². The molecule has 17 heavy (non-hydrogen) atoms. The van der Waals surface area contributed by atoms with Crippen LogP contribution in [0.15, 0.2) is 24.3 Å². The maximum Gasteiger partial charge on any atom is 0.121 e. The highest BCUT2D eigenvalue weighted by atomic mass is 16.5. The summed E-state index contributed by atoms with van der Waals surface area (Å²) in [5.41, 5.74) is 2.08. The van der Waals surface area contributed by atoms with Crippen molar-refractivity contribution in [2.75, 3.05) is 7.11 Å². The Hall–Kier alpha value is -1.37. The maximum absolute atomic E-state index is 9.26. The van der Waals surface area contributed by atoms with E-state index < -0.39 is 0 Å². The third kappa shape index (κ3) is 3.85. The van der Waals surface area contributed by atoms with Gasteiger partial charge in [0.05, 0.1) is 12.7 Å². The molecule has 0 saturated carbocycles. The summed E-state index contributed by atoms with van der Waals surface area (Å²) in [7, 11) is 1.67. The van der Waals surface area contributed by atoms with Gasteiger partial charge in [0.1, 0.15) is 6.04 Å². The fraction of sp³-hybridized carbons (Fsp3) is 0.500. The van der Waals surface area contributed by atoms with Crippen LogP contribution in [0.3, 0.4) is 0 Å². The van der Waals surface area contributed by atoms with E-state index in [0.717, 1.165) is 17.5 Å². The van der Waals surface area contributed by atoms with Crippen LogP contribution in [0.1, 0.15) is 37.4 Å². The van der Waals surface area contributed by atoms with Gasteiger partial charge in [0.15, 0.2) is 0 Å². The van der Waals surface area contributed by atoms with Gasteiger partial charge < -0.3 is 4.74 Å². The third-order valence-corrected chi connectivity index (χ3v) is 2.86. The van der Waals surface area contributed by atoms with Crippen LogP contribution >= 0.6 is 0 Å². The number of nitriles is 1. The molecule has 1 aromatic carbocycles. The topological polar surface area (TPSA) is 45.0 Å². The van der Waals surface area contributed by atoms with Crippen molar-refractivity contribution in [2.45, 2.75) is 39.0 Å². The lowest BCUT2D eigenvalue weighted by Crippen LogP contribution is -2.29. The number of hydrogen-bond donors (Lipinski definition) is 1. The number of hydrogen-bond acceptors (Lipinski definition) is 3. The lowest BCUT2D eigenvalue weighted by atomic mass is 10.0. The van der Waals surface area contributed by atoms with Gasteiger partial charge in [0.2, 0.25) is 0 Å². The Morgan fingerprint density at radius 3 is 2.71 bits per heavy atom. The summed E-state index contributed by atoms with van der Waals surface area (Å²) >= 11 is 0. The summed E-state index contributed by atoms with van der Waals surface area (Å²) in [6.07, 6.45) is 1.00. The maximum atomic E-state index is 9.26. The molecule has 1 N–H and O–H groups in total. The van der Waals surface area contributed by atoms with Crippen molar-refractivity contribution in [1.29, 1.82) is 5.26 Å². The minimum atomic E-state index is -0.267. The Kier molecular flexibility index (Phi) is 5.68. The van der Waals surface area contributed by atoms with Gasteiger partial charge in [-0.15, -0.1) is 0 Å². The molecule has 0 amide bonds. The molecule has 0 bridgehead atoms. The highest BCUT2D eigenvalue weighted by molar-refractivity contribution is 5.33. The summed E-state index contributed by atoms with van der Waals surface area (Å²) in [4.78, 5) is 0. The first-order valence-electron chi connectivity index (χ1n) is 5.95. The standard InChI is InChI=1S/C14H20N2O/c1-4-11(2)16-14(9-15)13-8-6-5-7-12(13)10-17-3/h5-8,11,14,16H,4,10H2,1-3H3. The molecule has 92 valence electrons. The fourth-order valence-corrected chi connectivity index (χ4v) is 1.70. The average molecular weight is 232 g/mol. The van der Waals surface area contributed by atoms with E-state index in [2.05, 4.69) is 25.2 Å². The molecule has 0 fully saturated rings. The van der Waals surface area contributed by atoms with Crippen LogP contribution in [0, 0.1) is 11.3 Å². The SMILES string of the molecule is CCC(C)NC(C#N)c1ccccc1COC. The first-order valence-corrected chi connectivity index (χ1v) is 5.95. The van der Waals surface area contributed by atoms with Gasteiger partial charge in [0, 0.05) is 13.2 Å². The lowest BCUT2D eigenvalue weighted by Gasteiger charge is -2.19. The van der Waals surface area contributed by atoms with Gasteiger partial charge in [0.25, 0.3) is 0 Å². The smallest absolute Gasteiger partial charge is 0.121 e. The molecular weight excluding hydrogens is 212 g/mol. The minimum Gasteiger partial charge on any atom is -0.380 e. The van der Waals surface area contributed by atoms with Crippen LogP contribution in [0.4, 0.5) is 0 Å². The number of methoxy groups -OCH3 is 1. The molecule has 0 aliphatic rings. The fourth-order valence-electron chi connectivity index (χ4n) is 1.70. The van der Waals surface area contributed by atoms with Crippen LogP contribution in [-0.2, 0) is 11.3 Å². The van der Waals surface area contributed by atoms with Crippen molar-refractivity contribution in [3.05, 3.63) is 35.4 Å². The zero-order valence-corrected chi connectivity index (χ0v) is 10.7. The Labute approximate surface area is 103 Å². The first kappa shape index (κ1) is 13.7. The average Bonchev–Trinajstić information content (AvgIpc) is 2.37. The predicted octanol–water partition coefficient (Wildman–Crippen LogP) is 2.79. The molecule has 0 spiro atoms. The highest BCUT2D eigenvalue weighted by Gasteiger charge is 2.15. The summed E-state index contributed by atoms with van der Waals surface area (Å²) in [6.45, 7) is 4.73. The molecule has 2 unspecified atom stereocenters. The number of nitrogens with zero attached hydrogens (tertiary/aromatic N) is 1. The van der Waals surface area contributed by atoms with Crippen LogP contribution in [0.2, 0.25) is 0 Å². The van der Waals surface area contributed by atoms with E-state index in [4.69, 9.17) is 4.74 Å². The molecule has 3 nitrogen and oxygen atoms in total. The number of ether oxygens (including phenoxy) is 1. The lowest BCUT2D eigenvalue weighted by molar-refractivity contribution is 0.183. The second-order valence-corrected chi connectivity index (χ2v) is 4.17. The van der Waals surface area contributed by atoms with E-state index in [9.17, 15) is 5.26 Å². The molecule has 0 radical (unpaired) electrons. The molecule has 0 saturated heterocycles. The van der Waals surface area contributed by atoms with Gasteiger partial charge >= 0.3 is 0 Å². The van der Waals surface area contributed by atoms with Crippen molar-refractivity contribution in [2.24, 2.45) is 0 Å². The second-order valence-electron chi connectivity index (χ2n) is 4.17. The van der Waals surface area contributed by atoms with Crippen LogP contribution < -0.4 is 5.32 Å². The largest absolute Gasteiger partial charge is 0.380 e. The first-order chi connectivity index (χ1) is 8.22. The van der Waals surface area contributed by atoms with Gasteiger partial charge in [-0.1, -0.05) is 31.2 Å². The van der Waals surface area contributed by atoms with Gasteiger partial charge in [-0.05, 0) is 24.5 Å². The molecule has 0 aliphatic heterocycles. The summed E-state index contributed by atoms with van der Waals surface area (Å²) in [6, 6.07) is 10.3. The minimum absolute atomic E-state index is 0.267. The molecule has 0 aromatic heterocycles. The Balaban J connectivity index is 2.91. The molecule has 3 heteroatoms. The molecular formula is C14H20N2O. The molecule has 1 aromatic rings. The van der Waals surface area contributed by atoms with Gasteiger partial charge in [-0.3, -0.25) is 5.32 Å². The molecule has 1 rings (SSSR count). The number of benzene rings is 1. The quantitative estimate of drug-likeness (QED) is 0.820. The molecule has 0 aliphatic carbocycles. The zero-order chi connectivity index (χ0) is 12.7. The van der Waals surface area contributed by atoms with Gasteiger partial charge in [-0.2, -0.15) is 5.26 Å². The van der Waals surface area contributed by atoms with Crippen LogP contribution in [-0.4, -0.2) is 13.2 Å². The van der Waals surface area contributed by atoms with E-state index in [1.54, 1.807) is 7.11 Å². The summed E-state index contributed by atoms with van der Waals surface area (Å²) < 4.78 is 5.16. The number of rotatable bonds is 6. The van der Waals surface area contributed by atoms with Crippen molar-refractivity contribution in [3.63, 3.8) is 0 Å². The van der Waals surface area contributed by atoms with E-state index in [1.165, 1.54) is 0 Å². The zero-order valence-electron chi connectivity index (χ0n) is 10.7. The molecule has 2 atom stereocenters. The van der Waals surface area contributed by atoms with E-state index in [-0.39, 0.29) is 6.04 Å². The Bertz CT molecular complexity index is 384. The van der Waals surface area contributed by atoms with Crippen molar-refractivity contribution in [1.82, 2.24) is 5.32 Å². The van der Waals surface area contributed by atoms with E-state index in [0.29, 0.717) is 12.6 Å². The van der Waals surface area contributed by atoms with E-state index in [1.807, 2.05) is 24.3 Å². The summed E-state index contributed by atoms with van der Waals surface area (Å²) in [5, 5.41) is 12.6. The van der Waals surface area contributed by atoms with Crippen LogP contribution in [0.5, 0.6) is 0 Å².